The van der Waals surface area contributed by atoms with Crippen LogP contribution < -0.4 is 58.2 Å². The normalized spacial score (nSPS) is 12.9. The zero-order valence-electron chi connectivity index (χ0n) is 13.8. The van der Waals surface area contributed by atoms with Gasteiger partial charge in [-0.3, -0.25) is 19.3 Å². The molecule has 1 heterocycles. The van der Waals surface area contributed by atoms with Gasteiger partial charge in [0.15, 0.2) is 5.78 Å². The Morgan fingerprint density at radius 2 is 1.83 bits per heavy atom. The van der Waals surface area contributed by atoms with Crippen molar-refractivity contribution in [1.29, 1.82) is 0 Å². The fraction of sp³-hybridized carbons (Fsp3) is 0.375. The molecule has 1 aromatic carbocycles. The second kappa shape index (κ2) is 10.3. The SMILES string of the molecule is CC(=O)COCC(=O)[N-]c1ccc(CC(=O)N2CCC2=O)cc1.[Rb+]. The third kappa shape index (κ3) is 6.64. The fourth-order valence-corrected chi connectivity index (χ4v) is 2.00. The predicted octanol–water partition coefficient (Wildman–Crippen LogP) is -1.87. The van der Waals surface area contributed by atoms with Crippen LogP contribution in [0.25, 0.3) is 5.32 Å². The van der Waals surface area contributed by atoms with Crippen LogP contribution in [0, 0.1) is 0 Å². The number of rotatable bonds is 7. The molecule has 0 N–H and O–H groups in total. The summed E-state index contributed by atoms with van der Waals surface area (Å²) in [7, 11) is 0. The summed E-state index contributed by atoms with van der Waals surface area (Å²) in [4.78, 5) is 46.5. The molecule has 122 valence electrons. The van der Waals surface area contributed by atoms with Crippen LogP contribution >= 0.6 is 0 Å². The number of ketones is 1. The molecule has 0 spiro atoms. The molecular weight excluding hydrogens is 386 g/mol. The van der Waals surface area contributed by atoms with Gasteiger partial charge >= 0.3 is 58.2 Å². The minimum Gasteiger partial charge on any atom is -0.625 e. The molecule has 0 aromatic heterocycles. The summed E-state index contributed by atoms with van der Waals surface area (Å²) in [5.41, 5.74) is 1.19. The Morgan fingerprint density at radius 3 is 2.33 bits per heavy atom. The van der Waals surface area contributed by atoms with Crippen molar-refractivity contribution in [1.82, 2.24) is 4.90 Å². The molecule has 0 aliphatic carbocycles. The van der Waals surface area contributed by atoms with Gasteiger partial charge in [-0.05, 0) is 12.5 Å². The minimum atomic E-state index is -0.485. The first-order valence-electron chi connectivity index (χ1n) is 7.19. The van der Waals surface area contributed by atoms with Crippen molar-refractivity contribution >= 4 is 29.2 Å². The number of hydrogen-bond donors (Lipinski definition) is 0. The maximum atomic E-state index is 11.8. The molecule has 0 bridgehead atoms. The number of β-lactam (4-membered cyclic amide) rings is 1. The van der Waals surface area contributed by atoms with E-state index in [9.17, 15) is 19.2 Å². The van der Waals surface area contributed by atoms with Crippen molar-refractivity contribution < 1.29 is 82.1 Å². The van der Waals surface area contributed by atoms with Crippen molar-refractivity contribution in [3.05, 3.63) is 35.1 Å². The molecule has 7 nitrogen and oxygen atoms in total. The van der Waals surface area contributed by atoms with Gasteiger partial charge in [-0.15, -0.1) is 5.69 Å². The summed E-state index contributed by atoms with van der Waals surface area (Å²) < 4.78 is 4.89. The number of nitrogens with zero attached hydrogens (tertiary/aromatic N) is 2. The number of ether oxygens (including phenoxy) is 1. The van der Waals surface area contributed by atoms with E-state index in [0.717, 1.165) is 5.56 Å². The Morgan fingerprint density at radius 1 is 1.17 bits per heavy atom. The molecule has 0 atom stereocenters. The quantitative estimate of drug-likeness (QED) is 0.498. The van der Waals surface area contributed by atoms with Crippen LogP contribution in [0.2, 0.25) is 0 Å². The summed E-state index contributed by atoms with van der Waals surface area (Å²) in [6, 6.07) is 6.60. The van der Waals surface area contributed by atoms with Gasteiger partial charge < -0.3 is 14.8 Å². The number of amides is 3. The Kier molecular flexibility index (Phi) is 9.14. The van der Waals surface area contributed by atoms with E-state index in [4.69, 9.17) is 4.74 Å². The number of imide groups is 1. The second-order valence-corrected chi connectivity index (χ2v) is 5.23. The van der Waals surface area contributed by atoms with E-state index in [2.05, 4.69) is 5.32 Å². The molecule has 8 heteroatoms. The van der Waals surface area contributed by atoms with Crippen LogP contribution in [0.3, 0.4) is 0 Å². The van der Waals surface area contributed by atoms with Gasteiger partial charge in [-0.2, -0.15) is 0 Å². The van der Waals surface area contributed by atoms with Crippen molar-refractivity contribution in [2.45, 2.75) is 19.8 Å². The average Bonchev–Trinajstić information content (AvgIpc) is 2.47. The van der Waals surface area contributed by atoms with Crippen molar-refractivity contribution in [3.8, 4) is 0 Å². The summed E-state index contributed by atoms with van der Waals surface area (Å²) >= 11 is 0. The molecular formula is C16H17N2O5Rb. The van der Waals surface area contributed by atoms with Gasteiger partial charge in [-0.1, -0.05) is 24.3 Å². The number of likely N-dealkylation sites (tertiary alicyclic amines) is 1. The van der Waals surface area contributed by atoms with E-state index < -0.39 is 5.91 Å². The van der Waals surface area contributed by atoms with Crippen molar-refractivity contribution in [2.24, 2.45) is 0 Å². The number of carbonyl (C=O) groups excluding carboxylic acids is 4. The summed E-state index contributed by atoms with van der Waals surface area (Å²) in [6.07, 6.45) is 0.569. The van der Waals surface area contributed by atoms with Gasteiger partial charge in [0.2, 0.25) is 11.8 Å². The van der Waals surface area contributed by atoms with Gasteiger partial charge in [0.1, 0.15) is 6.61 Å². The first kappa shape index (κ1) is 21.3. The Balaban J connectivity index is 0.00000288. The molecule has 0 unspecified atom stereocenters. The summed E-state index contributed by atoms with van der Waals surface area (Å²) in [5, 5.41) is 3.83. The Labute approximate surface area is 188 Å². The van der Waals surface area contributed by atoms with Gasteiger partial charge in [0.05, 0.1) is 18.9 Å². The molecule has 24 heavy (non-hydrogen) atoms. The molecule has 1 aromatic rings. The maximum Gasteiger partial charge on any atom is 1.00 e. The monoisotopic (exact) mass is 402 g/mol. The number of benzene rings is 1. The first-order valence-corrected chi connectivity index (χ1v) is 7.19. The van der Waals surface area contributed by atoms with Crippen LogP contribution in [0.1, 0.15) is 18.9 Å². The summed E-state index contributed by atoms with van der Waals surface area (Å²) in [6.45, 7) is 1.49. The van der Waals surface area contributed by atoms with E-state index in [1.54, 1.807) is 24.3 Å². The van der Waals surface area contributed by atoms with Crippen molar-refractivity contribution in [3.63, 3.8) is 0 Å². The zero-order valence-corrected chi connectivity index (χ0v) is 18.7. The molecule has 0 saturated carbocycles. The molecule has 1 fully saturated rings. The van der Waals surface area contributed by atoms with Gasteiger partial charge in [-0.25, -0.2) is 0 Å². The minimum absolute atomic E-state index is 0. The van der Waals surface area contributed by atoms with E-state index in [1.165, 1.54) is 11.8 Å². The standard InChI is InChI=1S/C16H18N2O5.Rb/c1-11(19)9-23-10-14(20)17-13-4-2-12(3-5-13)8-16(22)18-7-6-15(18)21;/h2-5H,6-10H2,1H3,(H,17,20);/q;+1/p-1. The second-order valence-electron chi connectivity index (χ2n) is 5.23. The maximum absolute atomic E-state index is 11.8. The van der Waals surface area contributed by atoms with E-state index >= 15 is 0 Å². The molecule has 2 rings (SSSR count). The smallest absolute Gasteiger partial charge is 0.625 e. The van der Waals surface area contributed by atoms with Crippen LogP contribution in [0.4, 0.5) is 5.69 Å². The molecule has 3 amide bonds. The third-order valence-electron chi connectivity index (χ3n) is 3.23. The van der Waals surface area contributed by atoms with Gasteiger partial charge in [0.25, 0.3) is 0 Å². The Hall–Kier alpha value is -0.735. The number of carbonyl (C=O) groups is 4. The van der Waals surface area contributed by atoms with Gasteiger partial charge in [0, 0.05) is 13.0 Å². The number of Topliss-reactive ketones (excluding diaryl/α,β-unsaturated/α-hetero) is 1. The fourth-order valence-electron chi connectivity index (χ4n) is 2.00. The molecule has 1 aliphatic rings. The zero-order chi connectivity index (χ0) is 16.8. The van der Waals surface area contributed by atoms with E-state index in [0.29, 0.717) is 18.7 Å². The van der Waals surface area contributed by atoms with Crippen LogP contribution in [0.5, 0.6) is 0 Å². The predicted molar refractivity (Wildman–Crippen MR) is 81.0 cm³/mol. The van der Waals surface area contributed by atoms with E-state index in [-0.39, 0.29) is 95.4 Å². The third-order valence-corrected chi connectivity index (χ3v) is 3.23. The average molecular weight is 403 g/mol. The van der Waals surface area contributed by atoms with Crippen LogP contribution in [-0.4, -0.2) is 48.2 Å². The topological polar surface area (TPSA) is 94.8 Å². The number of hydrogen-bond acceptors (Lipinski definition) is 5. The van der Waals surface area contributed by atoms with Crippen LogP contribution in [-0.2, 0) is 30.3 Å². The van der Waals surface area contributed by atoms with Crippen molar-refractivity contribution in [2.75, 3.05) is 19.8 Å². The molecule has 0 radical (unpaired) electrons. The van der Waals surface area contributed by atoms with E-state index in [1.807, 2.05) is 0 Å². The largest absolute Gasteiger partial charge is 1.00 e. The first-order chi connectivity index (χ1) is 11.0. The summed E-state index contributed by atoms with van der Waals surface area (Å²) in [5.74, 6) is -1.01. The Bertz CT molecular complexity index is 630. The van der Waals surface area contributed by atoms with Crippen LogP contribution in [0.15, 0.2) is 24.3 Å². The molecule has 1 aliphatic heterocycles. The molecule has 1 saturated heterocycles.